The van der Waals surface area contributed by atoms with Crippen LogP contribution < -0.4 is 4.74 Å². The Morgan fingerprint density at radius 1 is 1.29 bits per heavy atom. The van der Waals surface area contributed by atoms with Gasteiger partial charge in [0.15, 0.2) is 0 Å². The fourth-order valence-electron chi connectivity index (χ4n) is 4.28. The van der Waals surface area contributed by atoms with Crippen LogP contribution in [0.3, 0.4) is 0 Å². The molecule has 1 aromatic heterocycles. The Bertz CT molecular complexity index is 1010. The maximum Gasteiger partial charge on any atom is 0.227 e. The van der Waals surface area contributed by atoms with Gasteiger partial charge in [0.2, 0.25) is 5.91 Å². The third-order valence-electron chi connectivity index (χ3n) is 5.71. The maximum atomic E-state index is 13.7. The van der Waals surface area contributed by atoms with Crippen molar-refractivity contribution in [1.82, 2.24) is 9.88 Å². The zero-order valence-corrected chi connectivity index (χ0v) is 16.3. The fraction of sp³-hybridized carbons (Fsp3) is 0.348. The maximum absolute atomic E-state index is 13.7. The molecule has 3 aromatic rings. The lowest BCUT2D eigenvalue weighted by Crippen LogP contribution is -2.37. The highest BCUT2D eigenvalue weighted by Crippen LogP contribution is 2.27. The summed E-state index contributed by atoms with van der Waals surface area (Å²) in [6.07, 6.45) is 3.14. The lowest BCUT2D eigenvalue weighted by Gasteiger charge is -2.25. The van der Waals surface area contributed by atoms with E-state index in [1.807, 2.05) is 30.0 Å². The zero-order chi connectivity index (χ0) is 19.7. The molecule has 4 rings (SSSR count). The number of rotatable bonds is 5. The van der Waals surface area contributed by atoms with E-state index in [0.29, 0.717) is 6.42 Å². The molecule has 1 aliphatic rings. The van der Waals surface area contributed by atoms with E-state index in [-0.39, 0.29) is 17.8 Å². The normalized spacial score (nSPS) is 16.7. The molecule has 146 valence electrons. The molecular formula is C23H25FN2O2. The van der Waals surface area contributed by atoms with Gasteiger partial charge >= 0.3 is 0 Å². The molecular weight excluding hydrogens is 355 g/mol. The van der Waals surface area contributed by atoms with Crippen LogP contribution in [0.25, 0.3) is 10.9 Å². The standard InChI is InChI=1S/C23H25FN2O2/c1-15-20(21-13-17(24)8-9-22(21)25-15)14-23(27)26-10-4-6-18(26)11-16-5-3-7-19(12-16)28-2/h3,5,7-9,12-13,18,25H,4,6,10-11,14H2,1-2H3. The number of hydrogen-bond donors (Lipinski definition) is 1. The molecule has 0 spiro atoms. The van der Waals surface area contributed by atoms with Gasteiger partial charge in [-0.05, 0) is 67.6 Å². The van der Waals surface area contributed by atoms with Gasteiger partial charge in [-0.15, -0.1) is 0 Å². The summed E-state index contributed by atoms with van der Waals surface area (Å²) >= 11 is 0. The quantitative estimate of drug-likeness (QED) is 0.713. The summed E-state index contributed by atoms with van der Waals surface area (Å²) in [4.78, 5) is 18.4. The molecule has 0 bridgehead atoms. The SMILES string of the molecule is COc1cccc(CC2CCCN2C(=O)Cc2c(C)[nH]c3ccc(F)cc23)c1. The van der Waals surface area contributed by atoms with Gasteiger partial charge in [0, 0.05) is 29.2 Å². The van der Waals surface area contributed by atoms with Gasteiger partial charge in [-0.1, -0.05) is 12.1 Å². The topological polar surface area (TPSA) is 45.3 Å². The van der Waals surface area contributed by atoms with Crippen LogP contribution in [0.5, 0.6) is 5.75 Å². The van der Waals surface area contributed by atoms with E-state index in [1.165, 1.54) is 17.7 Å². The Morgan fingerprint density at radius 3 is 2.96 bits per heavy atom. The van der Waals surface area contributed by atoms with Crippen molar-refractivity contribution in [1.29, 1.82) is 0 Å². The first-order chi connectivity index (χ1) is 13.5. The number of aromatic amines is 1. The number of likely N-dealkylation sites (tertiary alicyclic amines) is 1. The number of halogens is 1. The third kappa shape index (κ3) is 3.61. The number of nitrogens with one attached hydrogen (secondary N) is 1. The smallest absolute Gasteiger partial charge is 0.227 e. The van der Waals surface area contributed by atoms with Crippen molar-refractivity contribution in [3.8, 4) is 5.75 Å². The van der Waals surface area contributed by atoms with E-state index in [2.05, 4.69) is 11.1 Å². The summed E-state index contributed by atoms with van der Waals surface area (Å²) in [5.41, 5.74) is 3.87. The number of methoxy groups -OCH3 is 1. The average molecular weight is 380 g/mol. The summed E-state index contributed by atoms with van der Waals surface area (Å²) in [6, 6.07) is 12.9. The first-order valence-corrected chi connectivity index (χ1v) is 9.74. The van der Waals surface area contributed by atoms with E-state index < -0.39 is 0 Å². The van der Waals surface area contributed by atoms with E-state index in [1.54, 1.807) is 13.2 Å². The Balaban J connectivity index is 1.52. The number of amides is 1. The number of carbonyl (C=O) groups excluding carboxylic acids is 1. The minimum absolute atomic E-state index is 0.110. The number of ether oxygens (including phenoxy) is 1. The second-order valence-corrected chi connectivity index (χ2v) is 7.53. The molecule has 1 aliphatic heterocycles. The van der Waals surface area contributed by atoms with Crippen molar-refractivity contribution in [2.45, 2.75) is 38.6 Å². The third-order valence-corrected chi connectivity index (χ3v) is 5.71. The molecule has 5 heteroatoms. The van der Waals surface area contributed by atoms with E-state index in [0.717, 1.165) is 53.7 Å². The van der Waals surface area contributed by atoms with Crippen LogP contribution in [0, 0.1) is 12.7 Å². The largest absolute Gasteiger partial charge is 0.497 e. The highest BCUT2D eigenvalue weighted by atomic mass is 19.1. The lowest BCUT2D eigenvalue weighted by atomic mass is 10.0. The molecule has 0 aliphatic carbocycles. The van der Waals surface area contributed by atoms with Gasteiger partial charge in [0.05, 0.1) is 13.5 Å². The predicted octanol–water partition coefficient (Wildman–Crippen LogP) is 4.40. The number of nitrogens with zero attached hydrogens (tertiary/aromatic N) is 1. The summed E-state index contributed by atoms with van der Waals surface area (Å²) in [5, 5.41) is 0.800. The van der Waals surface area contributed by atoms with Crippen molar-refractivity contribution in [2.75, 3.05) is 13.7 Å². The second kappa shape index (κ2) is 7.66. The first-order valence-electron chi connectivity index (χ1n) is 9.74. The van der Waals surface area contributed by atoms with E-state index in [4.69, 9.17) is 4.74 Å². The Kier molecular flexibility index (Phi) is 5.07. The number of benzene rings is 2. The number of carbonyl (C=O) groups is 1. The van der Waals surface area contributed by atoms with Crippen molar-refractivity contribution in [3.63, 3.8) is 0 Å². The molecule has 2 aromatic carbocycles. The van der Waals surface area contributed by atoms with Gasteiger partial charge in [0.25, 0.3) is 0 Å². The molecule has 4 nitrogen and oxygen atoms in total. The Hall–Kier alpha value is -2.82. The molecule has 1 fully saturated rings. The summed E-state index contributed by atoms with van der Waals surface area (Å²) in [6.45, 7) is 2.72. The van der Waals surface area contributed by atoms with Crippen LogP contribution in [0.1, 0.15) is 29.7 Å². The molecule has 1 amide bonds. The predicted molar refractivity (Wildman–Crippen MR) is 108 cm³/mol. The van der Waals surface area contributed by atoms with Crippen LogP contribution in [0.15, 0.2) is 42.5 Å². The summed E-state index contributed by atoms with van der Waals surface area (Å²) in [5.74, 6) is 0.667. The van der Waals surface area contributed by atoms with Crippen LogP contribution in [0.2, 0.25) is 0 Å². The van der Waals surface area contributed by atoms with Gasteiger partial charge in [-0.3, -0.25) is 4.79 Å². The highest BCUT2D eigenvalue weighted by molar-refractivity contribution is 5.90. The van der Waals surface area contributed by atoms with Crippen LogP contribution >= 0.6 is 0 Å². The van der Waals surface area contributed by atoms with Crippen molar-refractivity contribution in [3.05, 3.63) is 65.1 Å². The Labute approximate surface area is 164 Å². The second-order valence-electron chi connectivity index (χ2n) is 7.53. The molecule has 0 saturated carbocycles. The van der Waals surface area contributed by atoms with Gasteiger partial charge in [0.1, 0.15) is 11.6 Å². The number of aromatic nitrogens is 1. The lowest BCUT2D eigenvalue weighted by molar-refractivity contribution is -0.131. The van der Waals surface area contributed by atoms with Crippen molar-refractivity contribution >= 4 is 16.8 Å². The first kappa shape index (κ1) is 18.5. The summed E-state index contributed by atoms with van der Waals surface area (Å²) < 4.78 is 19.0. The van der Waals surface area contributed by atoms with Crippen LogP contribution in [-0.2, 0) is 17.6 Å². The fourth-order valence-corrected chi connectivity index (χ4v) is 4.28. The highest BCUT2D eigenvalue weighted by Gasteiger charge is 2.29. The molecule has 0 radical (unpaired) electrons. The van der Waals surface area contributed by atoms with Gasteiger partial charge < -0.3 is 14.6 Å². The number of hydrogen-bond acceptors (Lipinski definition) is 2. The van der Waals surface area contributed by atoms with Crippen LogP contribution in [-0.4, -0.2) is 35.5 Å². The minimum Gasteiger partial charge on any atom is -0.497 e. The van der Waals surface area contributed by atoms with Crippen molar-refractivity contribution < 1.29 is 13.9 Å². The Morgan fingerprint density at radius 2 is 2.14 bits per heavy atom. The monoisotopic (exact) mass is 380 g/mol. The number of fused-ring (bicyclic) bond motifs is 1. The van der Waals surface area contributed by atoms with Crippen molar-refractivity contribution in [2.24, 2.45) is 0 Å². The molecule has 1 N–H and O–H groups in total. The van der Waals surface area contributed by atoms with Gasteiger partial charge in [-0.25, -0.2) is 4.39 Å². The van der Waals surface area contributed by atoms with Crippen LogP contribution in [0.4, 0.5) is 4.39 Å². The zero-order valence-electron chi connectivity index (χ0n) is 16.3. The van der Waals surface area contributed by atoms with E-state index in [9.17, 15) is 9.18 Å². The van der Waals surface area contributed by atoms with Gasteiger partial charge in [-0.2, -0.15) is 0 Å². The summed E-state index contributed by atoms with van der Waals surface area (Å²) in [7, 11) is 1.66. The number of H-pyrrole nitrogens is 1. The van der Waals surface area contributed by atoms with E-state index >= 15 is 0 Å². The molecule has 1 unspecified atom stereocenters. The molecule has 28 heavy (non-hydrogen) atoms. The number of aryl methyl sites for hydroxylation is 1. The molecule has 1 atom stereocenters. The molecule has 1 saturated heterocycles. The molecule has 2 heterocycles. The average Bonchev–Trinajstić information content (AvgIpc) is 3.26. The minimum atomic E-state index is -0.280.